The van der Waals surface area contributed by atoms with Gasteiger partial charge in [-0.15, -0.1) is 0 Å². The summed E-state index contributed by atoms with van der Waals surface area (Å²) in [7, 11) is 0. The number of carbonyl (C=O) groups is 3. The monoisotopic (exact) mass is 294 g/mol. The fraction of sp³-hybridized carbons (Fsp3) is 0.533. The van der Waals surface area contributed by atoms with Crippen LogP contribution in [-0.2, 0) is 11.2 Å². The summed E-state index contributed by atoms with van der Waals surface area (Å²) in [6.45, 7) is 8.26. The van der Waals surface area contributed by atoms with Gasteiger partial charge >= 0.3 is 5.97 Å². The van der Waals surface area contributed by atoms with E-state index in [0.29, 0.717) is 28.9 Å². The quantitative estimate of drug-likeness (QED) is 0.698. The van der Waals surface area contributed by atoms with Gasteiger partial charge in [0.1, 0.15) is 5.69 Å². The zero-order valence-corrected chi connectivity index (χ0v) is 13.0. The molecule has 6 nitrogen and oxygen atoms in total. The number of aliphatic carboxylic acids is 1. The highest BCUT2D eigenvalue weighted by Gasteiger charge is 2.25. The lowest BCUT2D eigenvalue weighted by Gasteiger charge is -2.17. The second kappa shape index (κ2) is 6.56. The summed E-state index contributed by atoms with van der Waals surface area (Å²) in [4.78, 5) is 37.8. The Morgan fingerprint density at radius 3 is 2.29 bits per heavy atom. The third-order valence-corrected chi connectivity index (χ3v) is 3.72. The van der Waals surface area contributed by atoms with E-state index >= 15 is 0 Å². The van der Waals surface area contributed by atoms with E-state index in [0.717, 1.165) is 0 Å². The SMILES string of the molecule is CCc1c(C(=O)NC(C)C(C)C(=O)O)[nH]c(C)c1C(C)=O. The van der Waals surface area contributed by atoms with Crippen molar-refractivity contribution >= 4 is 17.7 Å². The van der Waals surface area contributed by atoms with Crippen molar-refractivity contribution in [3.8, 4) is 0 Å². The maximum Gasteiger partial charge on any atom is 0.308 e. The van der Waals surface area contributed by atoms with E-state index in [1.165, 1.54) is 13.8 Å². The van der Waals surface area contributed by atoms with Crippen molar-refractivity contribution in [2.45, 2.75) is 47.1 Å². The number of aromatic nitrogens is 1. The van der Waals surface area contributed by atoms with Crippen LogP contribution in [0, 0.1) is 12.8 Å². The number of aromatic amines is 1. The molecule has 0 saturated heterocycles. The Labute approximate surface area is 123 Å². The van der Waals surface area contributed by atoms with E-state index in [1.54, 1.807) is 13.8 Å². The summed E-state index contributed by atoms with van der Waals surface area (Å²) in [5.74, 6) is -2.14. The van der Waals surface area contributed by atoms with Crippen LogP contribution in [0.15, 0.2) is 0 Å². The Morgan fingerprint density at radius 1 is 1.29 bits per heavy atom. The second-order valence-corrected chi connectivity index (χ2v) is 5.28. The number of carbonyl (C=O) groups excluding carboxylic acids is 2. The van der Waals surface area contributed by atoms with Crippen molar-refractivity contribution in [2.24, 2.45) is 5.92 Å². The molecule has 0 spiro atoms. The topological polar surface area (TPSA) is 99.3 Å². The number of rotatable bonds is 6. The number of carboxylic acid groups (broad SMARTS) is 1. The third kappa shape index (κ3) is 3.51. The van der Waals surface area contributed by atoms with Gasteiger partial charge in [-0.25, -0.2) is 0 Å². The number of hydrogen-bond acceptors (Lipinski definition) is 3. The van der Waals surface area contributed by atoms with E-state index in [4.69, 9.17) is 5.11 Å². The van der Waals surface area contributed by atoms with Gasteiger partial charge in [0.2, 0.25) is 0 Å². The minimum Gasteiger partial charge on any atom is -0.481 e. The maximum atomic E-state index is 12.3. The van der Waals surface area contributed by atoms with Crippen molar-refractivity contribution in [1.82, 2.24) is 10.3 Å². The molecule has 3 N–H and O–H groups in total. The first-order valence-corrected chi connectivity index (χ1v) is 6.96. The molecule has 1 aromatic rings. The lowest BCUT2D eigenvalue weighted by Crippen LogP contribution is -2.40. The van der Waals surface area contributed by atoms with Crippen molar-refractivity contribution in [1.29, 1.82) is 0 Å². The minimum atomic E-state index is -0.967. The van der Waals surface area contributed by atoms with E-state index in [-0.39, 0.29) is 11.7 Å². The molecule has 0 aliphatic heterocycles. The molecule has 1 rings (SSSR count). The average Bonchev–Trinajstić information content (AvgIpc) is 2.74. The number of hydrogen-bond donors (Lipinski definition) is 3. The zero-order valence-electron chi connectivity index (χ0n) is 13.0. The van der Waals surface area contributed by atoms with Gasteiger partial charge < -0.3 is 15.4 Å². The minimum absolute atomic E-state index is 0.0911. The van der Waals surface area contributed by atoms with Gasteiger partial charge in [-0.05, 0) is 39.7 Å². The standard InChI is InChI=1S/C15H22N2O4/c1-6-11-12(10(5)18)9(4)16-13(11)14(19)17-8(3)7(2)15(20)21/h7-8,16H,6H2,1-5H3,(H,17,19)(H,20,21). The number of carboxylic acids is 1. The molecule has 1 heterocycles. The number of amides is 1. The first-order valence-electron chi connectivity index (χ1n) is 6.96. The number of nitrogens with one attached hydrogen (secondary N) is 2. The fourth-order valence-electron chi connectivity index (χ4n) is 2.32. The summed E-state index contributed by atoms with van der Waals surface area (Å²) >= 11 is 0. The van der Waals surface area contributed by atoms with Crippen LogP contribution >= 0.6 is 0 Å². The molecule has 1 aromatic heterocycles. The number of H-pyrrole nitrogens is 1. The fourth-order valence-corrected chi connectivity index (χ4v) is 2.32. The molecule has 21 heavy (non-hydrogen) atoms. The molecular weight excluding hydrogens is 272 g/mol. The van der Waals surface area contributed by atoms with Crippen molar-refractivity contribution in [3.05, 3.63) is 22.5 Å². The Morgan fingerprint density at radius 2 is 1.86 bits per heavy atom. The number of Topliss-reactive ketones (excluding diaryl/α,β-unsaturated/α-hetero) is 1. The van der Waals surface area contributed by atoms with Crippen LogP contribution in [0.4, 0.5) is 0 Å². The molecule has 0 fully saturated rings. The molecule has 2 atom stereocenters. The summed E-state index contributed by atoms with van der Waals surface area (Å²) in [5.41, 5.74) is 2.21. The van der Waals surface area contributed by atoms with Crippen LogP contribution < -0.4 is 5.32 Å². The largest absolute Gasteiger partial charge is 0.481 e. The molecule has 116 valence electrons. The molecule has 0 aliphatic rings. The summed E-state index contributed by atoms with van der Waals surface area (Å²) in [6.07, 6.45) is 0.546. The Kier molecular flexibility index (Phi) is 5.29. The average molecular weight is 294 g/mol. The molecule has 2 unspecified atom stereocenters. The van der Waals surface area contributed by atoms with E-state index in [1.807, 2.05) is 6.92 Å². The van der Waals surface area contributed by atoms with Gasteiger partial charge in [0, 0.05) is 17.3 Å². The molecule has 0 radical (unpaired) electrons. The van der Waals surface area contributed by atoms with Crippen LogP contribution in [0.3, 0.4) is 0 Å². The van der Waals surface area contributed by atoms with Gasteiger partial charge in [0.15, 0.2) is 5.78 Å². The first kappa shape index (κ1) is 16.9. The smallest absolute Gasteiger partial charge is 0.308 e. The molecule has 0 bridgehead atoms. The molecule has 0 aromatic carbocycles. The lowest BCUT2D eigenvalue weighted by molar-refractivity contribution is -0.141. The molecule has 0 aliphatic carbocycles. The highest BCUT2D eigenvalue weighted by Crippen LogP contribution is 2.20. The molecular formula is C15H22N2O4. The Bertz CT molecular complexity index is 574. The summed E-state index contributed by atoms with van der Waals surface area (Å²) < 4.78 is 0. The predicted octanol–water partition coefficient (Wildman–Crippen LogP) is 1.93. The lowest BCUT2D eigenvalue weighted by atomic mass is 10.0. The van der Waals surface area contributed by atoms with Crippen LogP contribution in [0.5, 0.6) is 0 Å². The number of ketones is 1. The molecule has 6 heteroatoms. The van der Waals surface area contributed by atoms with Crippen LogP contribution in [-0.4, -0.2) is 33.8 Å². The summed E-state index contributed by atoms with van der Waals surface area (Å²) in [6, 6.07) is -0.510. The first-order chi connectivity index (χ1) is 9.70. The van der Waals surface area contributed by atoms with Crippen LogP contribution in [0.1, 0.15) is 59.8 Å². The molecule has 1 amide bonds. The van der Waals surface area contributed by atoms with Gasteiger partial charge in [0.25, 0.3) is 5.91 Å². The molecule has 0 saturated carbocycles. The van der Waals surface area contributed by atoms with Crippen molar-refractivity contribution in [3.63, 3.8) is 0 Å². The van der Waals surface area contributed by atoms with Crippen LogP contribution in [0.2, 0.25) is 0 Å². The predicted molar refractivity (Wildman–Crippen MR) is 78.6 cm³/mol. The highest BCUT2D eigenvalue weighted by atomic mass is 16.4. The zero-order chi connectivity index (χ0) is 16.3. The normalized spacial score (nSPS) is 13.6. The van der Waals surface area contributed by atoms with Gasteiger partial charge in [-0.3, -0.25) is 14.4 Å². The Hall–Kier alpha value is -2.11. The maximum absolute atomic E-state index is 12.3. The van der Waals surface area contributed by atoms with Gasteiger partial charge in [0.05, 0.1) is 5.92 Å². The van der Waals surface area contributed by atoms with Crippen LogP contribution in [0.25, 0.3) is 0 Å². The van der Waals surface area contributed by atoms with Gasteiger partial charge in [-0.1, -0.05) is 6.92 Å². The van der Waals surface area contributed by atoms with E-state index < -0.39 is 17.9 Å². The van der Waals surface area contributed by atoms with Crippen molar-refractivity contribution < 1.29 is 19.5 Å². The van der Waals surface area contributed by atoms with E-state index in [9.17, 15) is 14.4 Å². The number of aryl methyl sites for hydroxylation is 1. The van der Waals surface area contributed by atoms with Gasteiger partial charge in [-0.2, -0.15) is 0 Å². The third-order valence-electron chi connectivity index (χ3n) is 3.72. The van der Waals surface area contributed by atoms with Crippen molar-refractivity contribution in [2.75, 3.05) is 0 Å². The highest BCUT2D eigenvalue weighted by molar-refractivity contribution is 6.02. The second-order valence-electron chi connectivity index (χ2n) is 5.28. The Balaban J connectivity index is 3.06. The summed E-state index contributed by atoms with van der Waals surface area (Å²) in [5, 5.41) is 11.6. The van der Waals surface area contributed by atoms with E-state index in [2.05, 4.69) is 10.3 Å².